The molecule has 1 aliphatic rings. The van der Waals surface area contributed by atoms with Crippen LogP contribution in [0.2, 0.25) is 0 Å². The van der Waals surface area contributed by atoms with Gasteiger partial charge in [-0.15, -0.1) is 0 Å². The Bertz CT molecular complexity index is 650. The van der Waals surface area contributed by atoms with E-state index in [2.05, 4.69) is 31.2 Å². The summed E-state index contributed by atoms with van der Waals surface area (Å²) in [5.41, 5.74) is 0.621. The van der Waals surface area contributed by atoms with Gasteiger partial charge in [-0.1, -0.05) is 23.9 Å². The summed E-state index contributed by atoms with van der Waals surface area (Å²) in [5, 5.41) is 3.11. The Balaban J connectivity index is 1.86. The van der Waals surface area contributed by atoms with Gasteiger partial charge in [0.2, 0.25) is 0 Å². The average molecular weight is 372 g/mol. The van der Waals surface area contributed by atoms with E-state index in [0.717, 1.165) is 18.7 Å². The van der Waals surface area contributed by atoms with Crippen molar-refractivity contribution in [3.63, 3.8) is 0 Å². The molecule has 1 heterocycles. The zero-order chi connectivity index (χ0) is 14.8. The van der Waals surface area contributed by atoms with Crippen LogP contribution in [0, 0.1) is 0 Å². The molecule has 1 aromatic heterocycles. The summed E-state index contributed by atoms with van der Waals surface area (Å²) in [7, 11) is 0. The minimum absolute atomic E-state index is 0.425. The number of hydrogen-bond acceptors (Lipinski definition) is 4. The first-order valence-corrected chi connectivity index (χ1v) is 8.14. The smallest absolute Gasteiger partial charge is 0.288 e. The standard InChI is InChI=1S/C14H12BrF2N3S/c15-11-7-12(20-13(19-11)8-5-6-8)18-9-3-1-2-4-10(9)21-14(16)17/h1-4,7-8,14H,5-6H2,(H,18,19,20). The number of anilines is 2. The predicted octanol–water partition coefficient (Wildman–Crippen LogP) is 5.17. The maximum absolute atomic E-state index is 12.6. The molecule has 1 aromatic carbocycles. The third kappa shape index (κ3) is 3.91. The van der Waals surface area contributed by atoms with Crippen LogP contribution < -0.4 is 5.32 Å². The fourth-order valence-electron chi connectivity index (χ4n) is 1.93. The van der Waals surface area contributed by atoms with Crippen molar-refractivity contribution in [2.75, 3.05) is 5.32 Å². The SMILES string of the molecule is FC(F)Sc1ccccc1Nc1cc(Br)nc(C2CC2)n1. The summed E-state index contributed by atoms with van der Waals surface area (Å²) < 4.78 is 25.9. The van der Waals surface area contributed by atoms with Crippen LogP contribution in [-0.2, 0) is 0 Å². The van der Waals surface area contributed by atoms with Crippen molar-refractivity contribution < 1.29 is 8.78 Å². The maximum Gasteiger partial charge on any atom is 0.288 e. The molecule has 7 heteroatoms. The molecular weight excluding hydrogens is 360 g/mol. The van der Waals surface area contributed by atoms with Gasteiger partial charge >= 0.3 is 0 Å². The van der Waals surface area contributed by atoms with Crippen LogP contribution in [0.3, 0.4) is 0 Å². The Morgan fingerprint density at radius 1 is 1.24 bits per heavy atom. The molecule has 21 heavy (non-hydrogen) atoms. The van der Waals surface area contributed by atoms with Crippen molar-refractivity contribution in [3.05, 3.63) is 40.8 Å². The Kier molecular flexibility index (Phi) is 4.40. The van der Waals surface area contributed by atoms with Crippen molar-refractivity contribution >= 4 is 39.2 Å². The number of alkyl halides is 2. The van der Waals surface area contributed by atoms with Crippen molar-refractivity contribution in [2.45, 2.75) is 29.4 Å². The fourth-order valence-corrected chi connectivity index (χ4v) is 2.92. The number of para-hydroxylation sites is 1. The van der Waals surface area contributed by atoms with E-state index < -0.39 is 5.76 Å². The second-order valence-electron chi connectivity index (χ2n) is 4.71. The van der Waals surface area contributed by atoms with Crippen molar-refractivity contribution in [1.29, 1.82) is 0 Å². The van der Waals surface area contributed by atoms with E-state index in [0.29, 0.717) is 38.7 Å². The van der Waals surface area contributed by atoms with Gasteiger partial charge in [-0.05, 0) is 40.9 Å². The molecule has 1 aliphatic carbocycles. The molecule has 110 valence electrons. The molecule has 0 amide bonds. The van der Waals surface area contributed by atoms with Crippen LogP contribution in [0.15, 0.2) is 39.8 Å². The summed E-state index contributed by atoms with van der Waals surface area (Å²) in [6, 6.07) is 8.71. The van der Waals surface area contributed by atoms with Gasteiger partial charge in [-0.2, -0.15) is 8.78 Å². The average Bonchev–Trinajstić information content (AvgIpc) is 3.24. The Labute approximate surface area is 133 Å². The lowest BCUT2D eigenvalue weighted by molar-refractivity contribution is 0.252. The van der Waals surface area contributed by atoms with E-state index in [4.69, 9.17) is 0 Å². The zero-order valence-corrected chi connectivity index (χ0v) is 13.3. The van der Waals surface area contributed by atoms with E-state index in [-0.39, 0.29) is 0 Å². The normalized spacial score (nSPS) is 14.5. The second-order valence-corrected chi connectivity index (χ2v) is 6.55. The molecule has 1 saturated carbocycles. The zero-order valence-electron chi connectivity index (χ0n) is 10.9. The lowest BCUT2D eigenvalue weighted by Crippen LogP contribution is -2.00. The number of hydrogen-bond donors (Lipinski definition) is 1. The minimum Gasteiger partial charge on any atom is -0.339 e. The number of thioether (sulfide) groups is 1. The third-order valence-corrected chi connectivity index (χ3v) is 4.21. The van der Waals surface area contributed by atoms with Crippen LogP contribution >= 0.6 is 27.7 Å². The quantitative estimate of drug-likeness (QED) is 0.580. The largest absolute Gasteiger partial charge is 0.339 e. The fraction of sp³-hybridized carbons (Fsp3) is 0.286. The van der Waals surface area contributed by atoms with Gasteiger partial charge in [0.15, 0.2) is 0 Å². The highest BCUT2D eigenvalue weighted by Gasteiger charge is 2.27. The predicted molar refractivity (Wildman–Crippen MR) is 83.3 cm³/mol. The molecule has 0 bridgehead atoms. The summed E-state index contributed by atoms with van der Waals surface area (Å²) in [5.74, 6) is -0.618. The molecule has 0 saturated heterocycles. The highest BCUT2D eigenvalue weighted by Crippen LogP contribution is 2.39. The van der Waals surface area contributed by atoms with Gasteiger partial charge in [-0.3, -0.25) is 0 Å². The molecule has 1 N–H and O–H groups in total. The van der Waals surface area contributed by atoms with Gasteiger partial charge in [0.1, 0.15) is 16.2 Å². The van der Waals surface area contributed by atoms with E-state index in [1.807, 2.05) is 0 Å². The Morgan fingerprint density at radius 2 is 2.00 bits per heavy atom. The van der Waals surface area contributed by atoms with Gasteiger partial charge < -0.3 is 5.32 Å². The maximum atomic E-state index is 12.6. The molecule has 3 nitrogen and oxygen atoms in total. The summed E-state index contributed by atoms with van der Waals surface area (Å²) in [6.07, 6.45) is 2.21. The second kappa shape index (κ2) is 6.27. The van der Waals surface area contributed by atoms with Gasteiger partial charge in [0, 0.05) is 16.9 Å². The van der Waals surface area contributed by atoms with Crippen molar-refractivity contribution in [2.24, 2.45) is 0 Å². The number of nitrogens with zero attached hydrogens (tertiary/aromatic N) is 2. The van der Waals surface area contributed by atoms with E-state index in [1.54, 1.807) is 30.3 Å². The van der Waals surface area contributed by atoms with Crippen LogP contribution in [0.25, 0.3) is 0 Å². The van der Waals surface area contributed by atoms with Gasteiger partial charge in [-0.25, -0.2) is 9.97 Å². The number of aromatic nitrogens is 2. The minimum atomic E-state index is -2.45. The molecule has 1 fully saturated rings. The van der Waals surface area contributed by atoms with Gasteiger partial charge in [0.05, 0.1) is 5.69 Å². The van der Waals surface area contributed by atoms with Crippen LogP contribution in [0.1, 0.15) is 24.6 Å². The summed E-state index contributed by atoms with van der Waals surface area (Å²) in [6.45, 7) is 0. The van der Waals surface area contributed by atoms with Gasteiger partial charge in [0.25, 0.3) is 5.76 Å². The Morgan fingerprint density at radius 3 is 2.71 bits per heavy atom. The Hall–Kier alpha value is -1.21. The van der Waals surface area contributed by atoms with E-state index in [9.17, 15) is 8.78 Å². The molecule has 3 rings (SSSR count). The summed E-state index contributed by atoms with van der Waals surface area (Å²) >= 11 is 3.89. The van der Waals surface area contributed by atoms with Crippen LogP contribution in [0.5, 0.6) is 0 Å². The highest BCUT2D eigenvalue weighted by molar-refractivity contribution is 9.10. The number of halogens is 3. The third-order valence-electron chi connectivity index (χ3n) is 3.02. The number of nitrogens with one attached hydrogen (secondary N) is 1. The topological polar surface area (TPSA) is 37.8 Å². The first-order valence-electron chi connectivity index (χ1n) is 6.47. The molecule has 0 unspecified atom stereocenters. The molecular formula is C14H12BrF2N3S. The van der Waals surface area contributed by atoms with Crippen molar-refractivity contribution in [3.8, 4) is 0 Å². The monoisotopic (exact) mass is 371 g/mol. The number of rotatable bonds is 5. The summed E-state index contributed by atoms with van der Waals surface area (Å²) in [4.78, 5) is 9.31. The van der Waals surface area contributed by atoms with E-state index >= 15 is 0 Å². The van der Waals surface area contributed by atoms with Crippen molar-refractivity contribution in [1.82, 2.24) is 9.97 Å². The molecule has 0 aliphatic heterocycles. The molecule has 0 atom stereocenters. The van der Waals surface area contributed by atoms with Crippen LogP contribution in [0.4, 0.5) is 20.3 Å². The highest BCUT2D eigenvalue weighted by atomic mass is 79.9. The molecule has 2 aromatic rings. The first kappa shape index (κ1) is 14.7. The first-order chi connectivity index (χ1) is 10.1. The van der Waals surface area contributed by atoms with Crippen LogP contribution in [-0.4, -0.2) is 15.7 Å². The number of benzene rings is 1. The lowest BCUT2D eigenvalue weighted by atomic mass is 10.3. The molecule has 0 spiro atoms. The van der Waals surface area contributed by atoms with E-state index in [1.165, 1.54) is 0 Å². The lowest BCUT2D eigenvalue weighted by Gasteiger charge is -2.11. The molecule has 0 radical (unpaired) electrons.